The first kappa shape index (κ1) is 12.9. The second-order valence-corrected chi connectivity index (χ2v) is 6.39. The highest BCUT2D eigenvalue weighted by Gasteiger charge is 2.56. The van der Waals surface area contributed by atoms with Gasteiger partial charge in [-0.15, -0.1) is 0 Å². The van der Waals surface area contributed by atoms with Crippen molar-refractivity contribution < 1.29 is 9.90 Å². The monoisotopic (exact) mass is 263 g/mol. The molecule has 0 spiro atoms. The van der Waals surface area contributed by atoms with Gasteiger partial charge in [0.15, 0.2) is 0 Å². The van der Waals surface area contributed by atoms with Gasteiger partial charge in [-0.3, -0.25) is 4.79 Å². The molecule has 0 aromatic heterocycles. The highest BCUT2D eigenvalue weighted by atomic mass is 16.3. The maximum atomic E-state index is 12.6. The Labute approximate surface area is 113 Å². The third kappa shape index (κ3) is 1.86. The molecule has 3 unspecified atom stereocenters. The maximum absolute atomic E-state index is 12.6. The van der Waals surface area contributed by atoms with Crippen molar-refractivity contribution in [2.24, 2.45) is 17.1 Å². The molecule has 1 amide bonds. The molecule has 19 heavy (non-hydrogen) atoms. The van der Waals surface area contributed by atoms with Crippen molar-refractivity contribution in [3.8, 4) is 6.07 Å². The Morgan fingerprint density at radius 2 is 2.16 bits per heavy atom. The lowest BCUT2D eigenvalue weighted by atomic mass is 9.79. The molecular weight excluding hydrogens is 242 g/mol. The van der Waals surface area contributed by atoms with E-state index in [-0.39, 0.29) is 24.6 Å². The van der Waals surface area contributed by atoms with Crippen molar-refractivity contribution in [3.63, 3.8) is 0 Å². The molecule has 3 aliphatic rings. The molecule has 0 radical (unpaired) electrons. The average Bonchev–Trinajstić information content (AvgIpc) is 2.91. The summed E-state index contributed by atoms with van der Waals surface area (Å²) in [5.74, 6) is 0.391. The number of rotatable bonds is 3. The minimum absolute atomic E-state index is 0.0287. The molecule has 0 aromatic carbocycles. The fourth-order valence-corrected chi connectivity index (χ4v) is 3.96. The predicted octanol–water partition coefficient (Wildman–Crippen LogP) is 0.379. The first-order valence-corrected chi connectivity index (χ1v) is 7.21. The van der Waals surface area contributed by atoms with Crippen LogP contribution in [-0.2, 0) is 4.79 Å². The van der Waals surface area contributed by atoms with Crippen LogP contribution in [0.4, 0.5) is 0 Å². The molecule has 1 saturated heterocycles. The largest absolute Gasteiger partial charge is 0.396 e. The highest BCUT2D eigenvalue weighted by Crippen LogP contribution is 2.49. The number of likely N-dealkylation sites (tertiary alicyclic amines) is 1. The quantitative estimate of drug-likeness (QED) is 0.770. The Bertz CT molecular complexity index is 425. The van der Waals surface area contributed by atoms with Gasteiger partial charge in [0.05, 0.1) is 18.7 Å². The van der Waals surface area contributed by atoms with Gasteiger partial charge in [-0.25, -0.2) is 0 Å². The summed E-state index contributed by atoms with van der Waals surface area (Å²) in [7, 11) is 0. The van der Waals surface area contributed by atoms with Crippen molar-refractivity contribution in [3.05, 3.63) is 0 Å². The van der Waals surface area contributed by atoms with E-state index in [1.165, 1.54) is 0 Å². The summed E-state index contributed by atoms with van der Waals surface area (Å²) in [6.07, 6.45) is 5.49. The van der Waals surface area contributed by atoms with Crippen molar-refractivity contribution in [1.82, 2.24) is 4.90 Å². The predicted molar refractivity (Wildman–Crippen MR) is 68.7 cm³/mol. The molecule has 0 bridgehead atoms. The first-order chi connectivity index (χ1) is 9.13. The van der Waals surface area contributed by atoms with E-state index in [0.717, 1.165) is 38.5 Å². The number of aliphatic hydroxyl groups is 1. The fourth-order valence-electron chi connectivity index (χ4n) is 3.96. The summed E-state index contributed by atoms with van der Waals surface area (Å²) in [5, 5.41) is 18.8. The van der Waals surface area contributed by atoms with Gasteiger partial charge in [-0.05, 0) is 31.6 Å². The van der Waals surface area contributed by atoms with E-state index >= 15 is 0 Å². The van der Waals surface area contributed by atoms with Crippen LogP contribution in [0, 0.1) is 22.7 Å². The molecule has 2 aliphatic carbocycles. The molecule has 1 aliphatic heterocycles. The number of nitrogens with two attached hydrogens (primary N) is 1. The zero-order valence-electron chi connectivity index (χ0n) is 11.1. The summed E-state index contributed by atoms with van der Waals surface area (Å²) < 4.78 is 0. The number of carbonyl (C=O) groups is 1. The number of piperidine rings is 1. The Balaban J connectivity index is 1.78. The highest BCUT2D eigenvalue weighted by molar-refractivity contribution is 5.84. The fraction of sp³-hybridized carbons (Fsp3) is 0.857. The first-order valence-electron chi connectivity index (χ1n) is 7.21. The summed E-state index contributed by atoms with van der Waals surface area (Å²) in [6.45, 7) is -0.0287. The number of aliphatic hydroxyl groups excluding tert-OH is 1. The van der Waals surface area contributed by atoms with Gasteiger partial charge in [-0.1, -0.05) is 12.8 Å². The number of nitrogens with zero attached hydrogens (tertiary/aromatic N) is 2. The molecule has 1 heterocycles. The van der Waals surface area contributed by atoms with Crippen LogP contribution in [0.15, 0.2) is 0 Å². The average molecular weight is 263 g/mol. The summed E-state index contributed by atoms with van der Waals surface area (Å²) in [4.78, 5) is 14.4. The number of fused-ring (bicyclic) bond motifs is 1. The molecule has 3 N–H and O–H groups in total. The minimum Gasteiger partial charge on any atom is -0.396 e. The Kier molecular flexibility index (Phi) is 3.03. The number of hydrogen-bond donors (Lipinski definition) is 2. The SMILES string of the molecule is N#CC1CC2CC2N1C(=O)[C@@H](N)C1(CO)CCCC1. The molecule has 2 saturated carbocycles. The van der Waals surface area contributed by atoms with Crippen LogP contribution >= 0.6 is 0 Å². The third-order valence-corrected chi connectivity index (χ3v) is 5.35. The van der Waals surface area contributed by atoms with Crippen LogP contribution < -0.4 is 5.73 Å². The second-order valence-electron chi connectivity index (χ2n) is 6.39. The zero-order chi connectivity index (χ0) is 13.6. The smallest absolute Gasteiger partial charge is 0.241 e. The summed E-state index contributed by atoms with van der Waals surface area (Å²) >= 11 is 0. The van der Waals surface area contributed by atoms with Crippen molar-refractivity contribution >= 4 is 5.91 Å². The summed E-state index contributed by atoms with van der Waals surface area (Å²) in [5.41, 5.74) is 5.73. The van der Waals surface area contributed by atoms with E-state index in [9.17, 15) is 9.90 Å². The van der Waals surface area contributed by atoms with Crippen LogP contribution in [0.1, 0.15) is 38.5 Å². The van der Waals surface area contributed by atoms with E-state index in [0.29, 0.717) is 5.92 Å². The molecule has 0 aromatic rings. The molecule has 3 fully saturated rings. The van der Waals surface area contributed by atoms with Gasteiger partial charge in [0, 0.05) is 11.5 Å². The van der Waals surface area contributed by atoms with Crippen LogP contribution in [0.2, 0.25) is 0 Å². The number of amides is 1. The zero-order valence-corrected chi connectivity index (χ0v) is 11.1. The van der Waals surface area contributed by atoms with Gasteiger partial charge in [0.1, 0.15) is 6.04 Å². The molecule has 5 nitrogen and oxygen atoms in total. The third-order valence-electron chi connectivity index (χ3n) is 5.35. The van der Waals surface area contributed by atoms with E-state index in [2.05, 4.69) is 6.07 Å². The normalized spacial score (nSPS) is 36.7. The van der Waals surface area contributed by atoms with Gasteiger partial charge in [-0.2, -0.15) is 5.26 Å². The molecular formula is C14H21N3O2. The second kappa shape index (κ2) is 4.46. The lowest BCUT2D eigenvalue weighted by Gasteiger charge is -2.36. The Morgan fingerprint density at radius 1 is 1.47 bits per heavy atom. The Morgan fingerprint density at radius 3 is 2.74 bits per heavy atom. The maximum Gasteiger partial charge on any atom is 0.241 e. The van der Waals surface area contributed by atoms with Gasteiger partial charge >= 0.3 is 0 Å². The number of hydrogen-bond acceptors (Lipinski definition) is 4. The van der Waals surface area contributed by atoms with Gasteiger partial charge in [0.25, 0.3) is 0 Å². The van der Waals surface area contributed by atoms with Crippen molar-refractivity contribution in [1.29, 1.82) is 5.26 Å². The topological polar surface area (TPSA) is 90.4 Å². The van der Waals surface area contributed by atoms with Gasteiger partial charge in [0.2, 0.25) is 5.91 Å². The Hall–Kier alpha value is -1.12. The van der Waals surface area contributed by atoms with E-state index in [4.69, 9.17) is 11.0 Å². The van der Waals surface area contributed by atoms with Gasteiger partial charge < -0.3 is 15.7 Å². The molecule has 5 heteroatoms. The number of nitriles is 1. The standard InChI is InChI=1S/C14H21N3O2/c15-7-10-5-9-6-11(9)17(10)13(19)12(16)14(8-18)3-1-2-4-14/h9-12,18H,1-6,8,16H2/t9?,10?,11?,12-/m1/s1. The van der Waals surface area contributed by atoms with Crippen molar-refractivity contribution in [2.75, 3.05) is 6.61 Å². The van der Waals surface area contributed by atoms with E-state index < -0.39 is 11.5 Å². The van der Waals surface area contributed by atoms with Crippen LogP contribution in [0.25, 0.3) is 0 Å². The lowest BCUT2D eigenvalue weighted by Crippen LogP contribution is -2.55. The van der Waals surface area contributed by atoms with E-state index in [1.807, 2.05) is 0 Å². The van der Waals surface area contributed by atoms with Crippen LogP contribution in [0.3, 0.4) is 0 Å². The van der Waals surface area contributed by atoms with Crippen molar-refractivity contribution in [2.45, 2.75) is 56.7 Å². The summed E-state index contributed by atoms with van der Waals surface area (Å²) in [6, 6.07) is 1.49. The molecule has 104 valence electrons. The number of carbonyl (C=O) groups excluding carboxylic acids is 1. The van der Waals surface area contributed by atoms with Crippen LogP contribution in [0.5, 0.6) is 0 Å². The molecule has 3 rings (SSSR count). The molecule has 4 atom stereocenters. The van der Waals surface area contributed by atoms with Crippen LogP contribution in [-0.4, -0.2) is 40.6 Å². The lowest BCUT2D eigenvalue weighted by molar-refractivity contribution is -0.137. The van der Waals surface area contributed by atoms with E-state index in [1.54, 1.807) is 4.90 Å². The minimum atomic E-state index is -0.657.